The van der Waals surface area contributed by atoms with Crippen molar-refractivity contribution < 1.29 is 21.6 Å². The van der Waals surface area contributed by atoms with Crippen molar-refractivity contribution in [3.63, 3.8) is 0 Å². The van der Waals surface area contributed by atoms with Crippen LogP contribution in [0, 0.1) is 13.8 Å². The first-order chi connectivity index (χ1) is 14.1. The van der Waals surface area contributed by atoms with Crippen LogP contribution < -0.4 is 4.31 Å². The predicted molar refractivity (Wildman–Crippen MR) is 107 cm³/mol. The number of anilines is 1. The molecule has 0 amide bonds. The molecule has 0 aliphatic carbocycles. The van der Waals surface area contributed by atoms with Crippen molar-refractivity contribution in [3.05, 3.63) is 76.6 Å². The number of nitrogens with zero attached hydrogens (tertiary/aromatic N) is 3. The van der Waals surface area contributed by atoms with Crippen molar-refractivity contribution in [1.29, 1.82) is 0 Å². The SMILES string of the molecule is Cc1nn(Cc2cccc(C(F)(F)F)c2)c(C)c1S(=O)(=O)N1CCc2ccccc21. The quantitative estimate of drug-likeness (QED) is 0.613. The third-order valence-corrected chi connectivity index (χ3v) is 7.36. The second-order valence-corrected chi connectivity index (χ2v) is 9.11. The van der Waals surface area contributed by atoms with Gasteiger partial charge >= 0.3 is 6.18 Å². The molecule has 3 aromatic rings. The minimum absolute atomic E-state index is 0.0443. The van der Waals surface area contributed by atoms with Gasteiger partial charge in [-0.2, -0.15) is 18.3 Å². The van der Waals surface area contributed by atoms with Gasteiger partial charge in [0.2, 0.25) is 0 Å². The molecule has 2 aromatic carbocycles. The zero-order valence-electron chi connectivity index (χ0n) is 16.4. The van der Waals surface area contributed by atoms with Crippen LogP contribution in [0.1, 0.15) is 28.1 Å². The van der Waals surface area contributed by atoms with Gasteiger partial charge in [0, 0.05) is 6.54 Å². The Labute approximate surface area is 172 Å². The molecule has 0 fully saturated rings. The minimum Gasteiger partial charge on any atom is -0.266 e. The first-order valence-corrected chi connectivity index (χ1v) is 10.8. The van der Waals surface area contributed by atoms with Gasteiger partial charge < -0.3 is 0 Å². The number of alkyl halides is 3. The highest BCUT2D eigenvalue weighted by Gasteiger charge is 2.35. The van der Waals surface area contributed by atoms with Crippen molar-refractivity contribution in [3.8, 4) is 0 Å². The van der Waals surface area contributed by atoms with E-state index in [2.05, 4.69) is 5.10 Å². The van der Waals surface area contributed by atoms with Crippen LogP contribution in [0.4, 0.5) is 18.9 Å². The lowest BCUT2D eigenvalue weighted by molar-refractivity contribution is -0.137. The Hall–Kier alpha value is -2.81. The normalized spacial score (nSPS) is 14.2. The van der Waals surface area contributed by atoms with E-state index in [9.17, 15) is 21.6 Å². The van der Waals surface area contributed by atoms with Crippen LogP contribution in [0.5, 0.6) is 0 Å². The van der Waals surface area contributed by atoms with E-state index >= 15 is 0 Å². The summed E-state index contributed by atoms with van der Waals surface area (Å²) in [7, 11) is -3.85. The maximum absolute atomic E-state index is 13.4. The van der Waals surface area contributed by atoms with Gasteiger partial charge in [-0.25, -0.2) is 8.42 Å². The summed E-state index contributed by atoms with van der Waals surface area (Å²) >= 11 is 0. The molecule has 2 heterocycles. The van der Waals surface area contributed by atoms with Gasteiger partial charge in [0.25, 0.3) is 10.0 Å². The molecule has 0 saturated carbocycles. The van der Waals surface area contributed by atoms with Gasteiger partial charge in [-0.1, -0.05) is 30.3 Å². The van der Waals surface area contributed by atoms with Gasteiger partial charge in [-0.3, -0.25) is 8.99 Å². The van der Waals surface area contributed by atoms with E-state index in [0.29, 0.717) is 35.6 Å². The van der Waals surface area contributed by atoms with Crippen LogP contribution >= 0.6 is 0 Å². The molecule has 5 nitrogen and oxygen atoms in total. The van der Waals surface area contributed by atoms with E-state index in [0.717, 1.165) is 17.7 Å². The van der Waals surface area contributed by atoms with Crippen molar-refractivity contribution in [2.45, 2.75) is 37.9 Å². The van der Waals surface area contributed by atoms with Crippen LogP contribution in [0.15, 0.2) is 53.4 Å². The second-order valence-electron chi connectivity index (χ2n) is 7.31. The highest BCUT2D eigenvalue weighted by atomic mass is 32.2. The maximum atomic E-state index is 13.4. The summed E-state index contributed by atoms with van der Waals surface area (Å²) in [5.41, 5.74) is 1.99. The number of halogens is 3. The lowest BCUT2D eigenvalue weighted by Crippen LogP contribution is -2.30. The zero-order valence-corrected chi connectivity index (χ0v) is 17.3. The number of rotatable bonds is 4. The lowest BCUT2D eigenvalue weighted by atomic mass is 10.1. The average molecular weight is 435 g/mol. The summed E-state index contributed by atoms with van der Waals surface area (Å²) in [5, 5.41) is 4.32. The topological polar surface area (TPSA) is 55.2 Å². The molecule has 0 N–H and O–H groups in total. The summed E-state index contributed by atoms with van der Waals surface area (Å²) < 4.78 is 68.6. The molecule has 0 saturated heterocycles. The first-order valence-electron chi connectivity index (χ1n) is 9.40. The maximum Gasteiger partial charge on any atom is 0.416 e. The van der Waals surface area contributed by atoms with E-state index in [1.54, 1.807) is 32.0 Å². The first kappa shape index (κ1) is 20.5. The van der Waals surface area contributed by atoms with E-state index < -0.39 is 21.8 Å². The molecule has 1 aliphatic rings. The van der Waals surface area contributed by atoms with Crippen molar-refractivity contribution in [1.82, 2.24) is 9.78 Å². The van der Waals surface area contributed by atoms with Crippen molar-refractivity contribution >= 4 is 15.7 Å². The Kier molecular flexibility index (Phi) is 4.88. The number of fused-ring (bicyclic) bond motifs is 1. The smallest absolute Gasteiger partial charge is 0.266 e. The van der Waals surface area contributed by atoms with Crippen molar-refractivity contribution in [2.24, 2.45) is 0 Å². The highest BCUT2D eigenvalue weighted by molar-refractivity contribution is 7.93. The molecule has 1 aliphatic heterocycles. The fourth-order valence-corrected chi connectivity index (χ4v) is 5.78. The lowest BCUT2D eigenvalue weighted by Gasteiger charge is -2.19. The standard InChI is InChI=1S/C21H20F3N3O2S/c1-14-20(30(28,29)27-11-10-17-7-3-4-9-19(17)27)15(2)26(25-14)13-16-6-5-8-18(12-16)21(22,23)24/h3-9,12H,10-11,13H2,1-2H3. The summed E-state index contributed by atoms with van der Waals surface area (Å²) in [4.78, 5) is 0.103. The van der Waals surface area contributed by atoms with Crippen molar-refractivity contribution in [2.75, 3.05) is 10.8 Å². The molecule has 0 bridgehead atoms. The van der Waals surface area contributed by atoms with Gasteiger partial charge in [0.15, 0.2) is 0 Å². The van der Waals surface area contributed by atoms with E-state index in [1.165, 1.54) is 15.1 Å². The molecular weight excluding hydrogens is 415 g/mol. The fraction of sp³-hybridized carbons (Fsp3) is 0.286. The number of para-hydroxylation sites is 1. The summed E-state index contributed by atoms with van der Waals surface area (Å²) in [6, 6.07) is 12.3. The average Bonchev–Trinajstić information content (AvgIpc) is 3.23. The molecule has 4 rings (SSSR count). The summed E-state index contributed by atoms with van der Waals surface area (Å²) in [5.74, 6) is 0. The summed E-state index contributed by atoms with van der Waals surface area (Å²) in [6.07, 6.45) is -3.81. The Balaban J connectivity index is 1.70. The number of sulfonamides is 1. The Morgan fingerprint density at radius 3 is 2.53 bits per heavy atom. The number of aromatic nitrogens is 2. The van der Waals surface area contributed by atoms with Crippen LogP contribution in [0.2, 0.25) is 0 Å². The molecule has 158 valence electrons. The molecule has 30 heavy (non-hydrogen) atoms. The van der Waals surface area contributed by atoms with E-state index in [-0.39, 0.29) is 11.4 Å². The predicted octanol–water partition coefficient (Wildman–Crippen LogP) is 4.32. The van der Waals surface area contributed by atoms with E-state index in [4.69, 9.17) is 0 Å². The molecule has 0 atom stereocenters. The number of benzene rings is 2. The molecule has 0 radical (unpaired) electrons. The van der Waals surface area contributed by atoms with Gasteiger partial charge in [-0.15, -0.1) is 0 Å². The number of hydrogen-bond donors (Lipinski definition) is 0. The zero-order chi connectivity index (χ0) is 21.7. The summed E-state index contributed by atoms with van der Waals surface area (Å²) in [6.45, 7) is 3.62. The minimum atomic E-state index is -4.44. The monoisotopic (exact) mass is 435 g/mol. The molecule has 0 unspecified atom stereocenters. The van der Waals surface area contributed by atoms with Gasteiger partial charge in [0.05, 0.1) is 29.2 Å². The molecular formula is C21H20F3N3O2S. The molecule has 0 spiro atoms. The highest BCUT2D eigenvalue weighted by Crippen LogP contribution is 2.35. The Morgan fingerprint density at radius 2 is 1.80 bits per heavy atom. The molecule has 9 heteroatoms. The third-order valence-electron chi connectivity index (χ3n) is 5.29. The van der Waals surface area contributed by atoms with Crippen LogP contribution in [0.3, 0.4) is 0 Å². The number of aryl methyl sites for hydroxylation is 1. The Morgan fingerprint density at radius 1 is 1.07 bits per heavy atom. The van der Waals surface area contributed by atoms with Crippen LogP contribution in [-0.2, 0) is 29.2 Å². The second kappa shape index (κ2) is 7.16. The number of hydrogen-bond acceptors (Lipinski definition) is 3. The van der Waals surface area contributed by atoms with Crippen LogP contribution in [-0.4, -0.2) is 24.7 Å². The largest absolute Gasteiger partial charge is 0.416 e. The Bertz CT molecular complexity index is 1220. The van der Waals surface area contributed by atoms with E-state index in [1.807, 2.05) is 12.1 Å². The van der Waals surface area contributed by atoms with Crippen LogP contribution in [0.25, 0.3) is 0 Å². The fourth-order valence-electron chi connectivity index (χ4n) is 3.89. The third kappa shape index (κ3) is 3.47. The molecule has 1 aromatic heterocycles. The van der Waals surface area contributed by atoms with Gasteiger partial charge in [0.1, 0.15) is 4.90 Å². The van der Waals surface area contributed by atoms with Gasteiger partial charge in [-0.05, 0) is 49.6 Å².